The fourth-order valence-corrected chi connectivity index (χ4v) is 2.89. The lowest BCUT2D eigenvalue weighted by Gasteiger charge is -2.23. The van der Waals surface area contributed by atoms with E-state index >= 15 is 0 Å². The second kappa shape index (κ2) is 6.58. The van der Waals surface area contributed by atoms with Crippen LogP contribution in [-0.4, -0.2) is 26.0 Å². The van der Waals surface area contributed by atoms with Crippen LogP contribution in [0.2, 0.25) is 0 Å². The molecule has 1 rings (SSSR count). The van der Waals surface area contributed by atoms with Gasteiger partial charge in [-0.05, 0) is 37.0 Å². The van der Waals surface area contributed by atoms with Crippen LogP contribution in [0.4, 0.5) is 0 Å². The molecule has 0 saturated heterocycles. The quantitative estimate of drug-likeness (QED) is 0.810. The Kier molecular flexibility index (Phi) is 5.53. The molecule has 1 atom stereocenters. The molecular formula is C15H23NO4S. The molecule has 2 N–H and O–H groups in total. The van der Waals surface area contributed by atoms with Gasteiger partial charge in [0.25, 0.3) is 0 Å². The molecule has 0 spiro atoms. The lowest BCUT2D eigenvalue weighted by molar-refractivity contribution is -0.147. The number of hydrogen-bond donors (Lipinski definition) is 2. The van der Waals surface area contributed by atoms with Gasteiger partial charge in [0.05, 0.1) is 10.3 Å². The van der Waals surface area contributed by atoms with Crippen molar-refractivity contribution in [3.63, 3.8) is 0 Å². The largest absolute Gasteiger partial charge is 0.481 e. The second-order valence-electron chi connectivity index (χ2n) is 5.77. The van der Waals surface area contributed by atoms with E-state index in [-0.39, 0.29) is 11.4 Å². The molecule has 118 valence electrons. The minimum atomic E-state index is -3.69. The average molecular weight is 313 g/mol. The van der Waals surface area contributed by atoms with E-state index in [0.717, 1.165) is 5.56 Å². The number of carboxylic acid groups (broad SMARTS) is 1. The van der Waals surface area contributed by atoms with Crippen LogP contribution in [0.25, 0.3) is 0 Å². The van der Waals surface area contributed by atoms with Gasteiger partial charge in [0, 0.05) is 6.54 Å². The summed E-state index contributed by atoms with van der Waals surface area (Å²) < 4.78 is 26.8. The van der Waals surface area contributed by atoms with Crippen molar-refractivity contribution in [3.8, 4) is 0 Å². The van der Waals surface area contributed by atoms with Gasteiger partial charge in [0.15, 0.2) is 0 Å². The molecule has 0 heterocycles. The van der Waals surface area contributed by atoms with Crippen LogP contribution >= 0.6 is 0 Å². The molecule has 6 heteroatoms. The normalized spacial score (nSPS) is 14.9. The van der Waals surface area contributed by atoms with Gasteiger partial charge in [-0.2, -0.15) is 0 Å². The van der Waals surface area contributed by atoms with Gasteiger partial charge in [-0.25, -0.2) is 13.1 Å². The zero-order chi connectivity index (χ0) is 16.3. The van der Waals surface area contributed by atoms with E-state index in [1.807, 2.05) is 13.8 Å². The van der Waals surface area contributed by atoms with Crippen LogP contribution in [0.15, 0.2) is 29.2 Å². The monoisotopic (exact) mass is 313 g/mol. The first-order chi connectivity index (χ1) is 9.62. The van der Waals surface area contributed by atoms with E-state index in [1.54, 1.807) is 31.2 Å². The topological polar surface area (TPSA) is 83.5 Å². The molecule has 0 aromatic heterocycles. The number of rotatable bonds is 7. The molecule has 0 bridgehead atoms. The highest BCUT2D eigenvalue weighted by Crippen LogP contribution is 2.22. The number of aliphatic carboxylic acids is 1. The summed E-state index contributed by atoms with van der Waals surface area (Å²) in [5.41, 5.74) is -0.0526. The van der Waals surface area contributed by atoms with E-state index in [2.05, 4.69) is 4.72 Å². The summed E-state index contributed by atoms with van der Waals surface area (Å²) in [6, 6.07) is 6.63. The lowest BCUT2D eigenvalue weighted by Crippen LogP contribution is -2.40. The van der Waals surface area contributed by atoms with Crippen molar-refractivity contribution in [1.82, 2.24) is 4.72 Å². The fourth-order valence-electron chi connectivity index (χ4n) is 1.72. The molecule has 0 radical (unpaired) electrons. The lowest BCUT2D eigenvalue weighted by atomic mass is 9.88. The minimum absolute atomic E-state index is 0.132. The molecule has 0 aliphatic carbocycles. The Balaban J connectivity index is 2.89. The van der Waals surface area contributed by atoms with Crippen molar-refractivity contribution < 1.29 is 18.3 Å². The van der Waals surface area contributed by atoms with Crippen molar-refractivity contribution in [3.05, 3.63) is 29.8 Å². The van der Waals surface area contributed by atoms with Crippen molar-refractivity contribution in [2.45, 2.75) is 44.9 Å². The zero-order valence-corrected chi connectivity index (χ0v) is 13.7. The molecule has 1 aromatic carbocycles. The Hall–Kier alpha value is -1.40. The first-order valence-electron chi connectivity index (χ1n) is 6.95. The highest BCUT2D eigenvalue weighted by molar-refractivity contribution is 7.89. The Morgan fingerprint density at radius 3 is 2.19 bits per heavy atom. The van der Waals surface area contributed by atoms with E-state index in [9.17, 15) is 13.2 Å². The van der Waals surface area contributed by atoms with Gasteiger partial charge in [-0.15, -0.1) is 0 Å². The molecule has 0 aliphatic rings. The summed E-state index contributed by atoms with van der Waals surface area (Å²) in [4.78, 5) is 11.3. The van der Waals surface area contributed by atoms with Gasteiger partial charge < -0.3 is 5.11 Å². The second-order valence-corrected chi connectivity index (χ2v) is 7.53. The minimum Gasteiger partial charge on any atom is -0.481 e. The van der Waals surface area contributed by atoms with Crippen LogP contribution in [0.5, 0.6) is 0 Å². The first-order valence-corrected chi connectivity index (χ1v) is 8.43. The Labute approximate surface area is 126 Å². The highest BCUT2D eigenvalue weighted by atomic mass is 32.2. The number of benzene rings is 1. The summed E-state index contributed by atoms with van der Waals surface area (Å²) >= 11 is 0. The summed E-state index contributed by atoms with van der Waals surface area (Å²) in [7, 11) is -3.69. The number of carbonyl (C=O) groups is 1. The molecule has 21 heavy (non-hydrogen) atoms. The third kappa shape index (κ3) is 4.28. The molecule has 5 nitrogen and oxygen atoms in total. The maximum Gasteiger partial charge on any atom is 0.310 e. The van der Waals surface area contributed by atoms with Crippen molar-refractivity contribution in [2.24, 2.45) is 5.41 Å². The maximum atomic E-state index is 12.2. The summed E-state index contributed by atoms with van der Waals surface area (Å²) in [5.74, 6) is -0.687. The average Bonchev–Trinajstić information content (AvgIpc) is 2.44. The van der Waals surface area contributed by atoms with Crippen LogP contribution < -0.4 is 4.72 Å². The third-order valence-electron chi connectivity index (χ3n) is 3.81. The third-order valence-corrected chi connectivity index (χ3v) is 5.22. The van der Waals surface area contributed by atoms with Gasteiger partial charge in [0.1, 0.15) is 0 Å². The van der Waals surface area contributed by atoms with E-state index in [4.69, 9.17) is 5.11 Å². The molecule has 0 aliphatic heterocycles. The predicted octanol–water partition coefficient (Wildman–Crippen LogP) is 2.59. The van der Waals surface area contributed by atoms with Gasteiger partial charge in [-0.3, -0.25) is 4.79 Å². The predicted molar refractivity (Wildman–Crippen MR) is 81.8 cm³/mol. The molecule has 0 amide bonds. The first kappa shape index (κ1) is 17.7. The summed E-state index contributed by atoms with van der Waals surface area (Å²) in [6.45, 7) is 7.18. The van der Waals surface area contributed by atoms with Gasteiger partial charge in [0.2, 0.25) is 10.0 Å². The molecule has 0 unspecified atom stereocenters. The Morgan fingerprint density at radius 1 is 1.29 bits per heavy atom. The Bertz CT molecular complexity index is 593. The fraction of sp³-hybridized carbons (Fsp3) is 0.533. The van der Waals surface area contributed by atoms with Crippen molar-refractivity contribution >= 4 is 16.0 Å². The molecule has 0 fully saturated rings. The standard InChI is InChI=1S/C15H23NO4S/c1-5-15(4,14(17)18)10-16-21(19,20)13-8-6-12(7-9-13)11(2)3/h6-9,11,16H,5,10H2,1-4H3,(H,17,18)/t15-/m1/s1. The molecular weight excluding hydrogens is 290 g/mol. The van der Waals surface area contributed by atoms with E-state index < -0.39 is 21.4 Å². The van der Waals surface area contributed by atoms with Crippen LogP contribution in [0.3, 0.4) is 0 Å². The SMILES string of the molecule is CC[C@](C)(CNS(=O)(=O)c1ccc(C(C)C)cc1)C(=O)O. The van der Waals surface area contributed by atoms with Crippen LogP contribution in [-0.2, 0) is 14.8 Å². The number of carboxylic acids is 1. The maximum absolute atomic E-state index is 12.2. The molecule has 1 aromatic rings. The van der Waals surface area contributed by atoms with Crippen LogP contribution in [0.1, 0.15) is 45.6 Å². The van der Waals surface area contributed by atoms with Crippen molar-refractivity contribution in [2.75, 3.05) is 6.54 Å². The van der Waals surface area contributed by atoms with Crippen molar-refractivity contribution in [1.29, 1.82) is 0 Å². The van der Waals surface area contributed by atoms with Gasteiger partial charge >= 0.3 is 5.97 Å². The Morgan fingerprint density at radius 2 is 1.81 bits per heavy atom. The smallest absolute Gasteiger partial charge is 0.310 e. The molecule has 0 saturated carbocycles. The van der Waals surface area contributed by atoms with E-state index in [0.29, 0.717) is 12.3 Å². The number of nitrogens with one attached hydrogen (secondary N) is 1. The van der Waals surface area contributed by atoms with E-state index in [1.165, 1.54) is 6.92 Å². The number of hydrogen-bond acceptors (Lipinski definition) is 3. The highest BCUT2D eigenvalue weighted by Gasteiger charge is 2.32. The summed E-state index contributed by atoms with van der Waals surface area (Å²) in [6.07, 6.45) is 0.344. The zero-order valence-electron chi connectivity index (χ0n) is 12.9. The van der Waals surface area contributed by atoms with Crippen LogP contribution in [0, 0.1) is 5.41 Å². The van der Waals surface area contributed by atoms with Gasteiger partial charge in [-0.1, -0.05) is 32.9 Å². The number of sulfonamides is 1. The summed E-state index contributed by atoms with van der Waals surface area (Å²) in [5, 5.41) is 9.16.